The van der Waals surface area contributed by atoms with Crippen LogP contribution in [-0.2, 0) is 4.74 Å². The van der Waals surface area contributed by atoms with Crippen molar-refractivity contribution in [3.8, 4) is 0 Å². The lowest BCUT2D eigenvalue weighted by Crippen LogP contribution is -2.42. The number of hydrogen-bond acceptors (Lipinski definition) is 1. The normalized spacial score (nSPS) is 42.5. The number of halogens is 2. The minimum absolute atomic E-state index is 0. The Balaban J connectivity index is 0.00000280. The quantitative estimate of drug-likeness (QED) is 0.449. The van der Waals surface area contributed by atoms with E-state index in [0.29, 0.717) is 42.4 Å². The van der Waals surface area contributed by atoms with Crippen LogP contribution in [0.2, 0.25) is 0 Å². The third kappa shape index (κ3) is 5.56. The van der Waals surface area contributed by atoms with E-state index >= 15 is 0 Å². The third-order valence-electron chi connectivity index (χ3n) is 8.45. The number of hydrogen-bond donors (Lipinski definition) is 0. The fraction of sp³-hybridized carbons (Fsp3) is 0.917. The van der Waals surface area contributed by atoms with Crippen molar-refractivity contribution in [2.24, 2.45) is 41.4 Å². The minimum atomic E-state index is -2.95. The molecule has 0 heterocycles. The van der Waals surface area contributed by atoms with E-state index in [4.69, 9.17) is 4.74 Å². The van der Waals surface area contributed by atoms with Crippen LogP contribution in [0.25, 0.3) is 0 Å². The lowest BCUT2D eigenvalue weighted by Gasteiger charge is -2.42. The molecule has 3 saturated carbocycles. The summed E-state index contributed by atoms with van der Waals surface area (Å²) < 4.78 is 35.2. The van der Waals surface area contributed by atoms with Gasteiger partial charge in [-0.05, 0) is 99.7 Å². The van der Waals surface area contributed by atoms with E-state index in [1.165, 1.54) is 25.7 Å². The summed E-state index contributed by atoms with van der Waals surface area (Å²) in [5.41, 5.74) is 0. The van der Waals surface area contributed by atoms with Gasteiger partial charge in [0.05, 0.1) is 12.0 Å². The van der Waals surface area contributed by atoms with Gasteiger partial charge in [0.1, 0.15) is 0 Å². The van der Waals surface area contributed by atoms with Crippen molar-refractivity contribution in [2.45, 2.75) is 97.2 Å². The van der Waals surface area contributed by atoms with Crippen LogP contribution in [0.4, 0.5) is 8.78 Å². The van der Waals surface area contributed by atoms with Gasteiger partial charge in [0.15, 0.2) is 0 Å². The third-order valence-corrected chi connectivity index (χ3v) is 8.45. The van der Waals surface area contributed by atoms with Gasteiger partial charge in [0.25, 0.3) is 0 Å². The molecule has 3 aliphatic rings. The van der Waals surface area contributed by atoms with E-state index < -0.39 is 12.0 Å². The Morgan fingerprint density at radius 1 is 0.857 bits per heavy atom. The highest BCUT2D eigenvalue weighted by Crippen LogP contribution is 2.47. The van der Waals surface area contributed by atoms with E-state index in [2.05, 4.69) is 33.4 Å². The molecule has 0 aromatic rings. The average Bonchev–Trinajstić information content (AvgIpc) is 2.66. The Kier molecular flexibility index (Phi) is 8.51. The first-order valence-electron chi connectivity index (χ1n) is 11.5. The molecule has 168 valence electrons. The van der Waals surface area contributed by atoms with Crippen molar-refractivity contribution < 1.29 is 21.8 Å². The van der Waals surface area contributed by atoms with Crippen LogP contribution in [-0.4, -0.2) is 17.7 Å². The zero-order valence-electron chi connectivity index (χ0n) is 18.1. The van der Waals surface area contributed by atoms with Crippen LogP contribution < -0.4 is 0 Å². The summed E-state index contributed by atoms with van der Waals surface area (Å²) in [7, 11) is 0. The monoisotopic (exact) mass is 404 g/mol. The second kappa shape index (κ2) is 10.0. The van der Waals surface area contributed by atoms with Crippen molar-refractivity contribution in [2.75, 3.05) is 0 Å². The summed E-state index contributed by atoms with van der Waals surface area (Å²) in [6.45, 7) is 10.5. The maximum absolute atomic E-state index is 14.9. The van der Waals surface area contributed by atoms with E-state index in [0.717, 1.165) is 31.6 Å². The lowest BCUT2D eigenvalue weighted by molar-refractivity contribution is -0.305. The first kappa shape index (κ1) is 23.8. The molecular weight excluding hydrogens is 358 g/mol. The zero-order valence-corrected chi connectivity index (χ0v) is 18.1. The van der Waals surface area contributed by atoms with Crippen LogP contribution in [0, 0.1) is 41.4 Å². The molecule has 0 amide bonds. The van der Waals surface area contributed by atoms with Crippen LogP contribution in [0.15, 0.2) is 12.7 Å². The summed E-state index contributed by atoms with van der Waals surface area (Å²) in [6.07, 6.45) is 8.62. The van der Waals surface area contributed by atoms with Gasteiger partial charge < -0.3 is 10.2 Å². The van der Waals surface area contributed by atoms with Crippen LogP contribution >= 0.6 is 0 Å². The molecule has 2 nitrogen and oxygen atoms in total. The predicted molar refractivity (Wildman–Crippen MR) is 115 cm³/mol. The van der Waals surface area contributed by atoms with Crippen molar-refractivity contribution in [3.63, 3.8) is 0 Å². The van der Waals surface area contributed by atoms with Crippen molar-refractivity contribution in [3.05, 3.63) is 12.7 Å². The van der Waals surface area contributed by atoms with Gasteiger partial charge >= 0.3 is 6.11 Å². The lowest BCUT2D eigenvalue weighted by atomic mass is 9.69. The molecule has 0 aliphatic heterocycles. The van der Waals surface area contributed by atoms with Gasteiger partial charge in [0, 0.05) is 2.85 Å². The van der Waals surface area contributed by atoms with E-state index in [9.17, 15) is 8.78 Å². The van der Waals surface area contributed by atoms with Crippen molar-refractivity contribution in [1.82, 2.24) is 0 Å². The smallest absolute Gasteiger partial charge is 0.358 e. The minimum Gasteiger partial charge on any atom is -0.412 e. The fourth-order valence-electron chi connectivity index (χ4n) is 6.11. The highest BCUT2D eigenvalue weighted by atomic mass is 19.3. The van der Waals surface area contributed by atoms with Crippen LogP contribution in [0.1, 0.15) is 87.8 Å². The summed E-state index contributed by atoms with van der Waals surface area (Å²) in [6, 6.07) is 0. The molecule has 0 bridgehead atoms. The van der Waals surface area contributed by atoms with Gasteiger partial charge in [-0.1, -0.05) is 26.8 Å². The Bertz CT molecular complexity index is 478. The topological polar surface area (TPSA) is 40.7 Å². The van der Waals surface area contributed by atoms with Gasteiger partial charge in [0.2, 0.25) is 0 Å². The number of ether oxygens (including phenoxy) is 1. The SMILES string of the molecule is C=CC1CCC(C2CCC(C(F)(F)OC3CC(C)C(C)C(C)C3)CC2)CC1.O.[HH].[HH]. The molecule has 0 radical (unpaired) electrons. The molecule has 3 aliphatic carbocycles. The Hall–Kier alpha value is -0.480. The molecule has 4 heteroatoms. The van der Waals surface area contributed by atoms with Crippen molar-refractivity contribution in [1.29, 1.82) is 0 Å². The molecule has 2 unspecified atom stereocenters. The maximum atomic E-state index is 14.9. The Morgan fingerprint density at radius 3 is 1.79 bits per heavy atom. The standard InChI is InChI=1S/C24H40F2O.H2O.2H2/c1-5-19-6-8-20(9-7-19)21-10-12-22(13-11-21)24(25,26)27-23-14-16(2)18(4)17(3)15-23;;;/h5,16-23H,1,6-15H2,2-4H3;1H2;2*1H. The van der Waals surface area contributed by atoms with Crippen molar-refractivity contribution >= 4 is 0 Å². The number of alkyl halides is 2. The molecule has 2 atom stereocenters. The second-order valence-electron chi connectivity index (χ2n) is 10.1. The number of rotatable bonds is 5. The summed E-state index contributed by atoms with van der Waals surface area (Å²) in [5.74, 6) is 3.04. The second-order valence-corrected chi connectivity index (χ2v) is 10.1. The van der Waals surface area contributed by atoms with E-state index in [1.807, 2.05) is 0 Å². The summed E-state index contributed by atoms with van der Waals surface area (Å²) in [4.78, 5) is 0. The van der Waals surface area contributed by atoms with Gasteiger partial charge in [-0.2, -0.15) is 8.78 Å². The zero-order chi connectivity index (χ0) is 19.6. The highest BCUT2D eigenvalue weighted by molar-refractivity contribution is 4.89. The molecule has 0 spiro atoms. The molecular formula is C24H46F2O2. The fourth-order valence-corrected chi connectivity index (χ4v) is 6.11. The summed E-state index contributed by atoms with van der Waals surface area (Å²) in [5, 5.41) is 0. The molecule has 3 rings (SSSR count). The van der Waals surface area contributed by atoms with Gasteiger partial charge in [-0.15, -0.1) is 6.58 Å². The van der Waals surface area contributed by atoms with E-state index in [1.54, 1.807) is 0 Å². The van der Waals surface area contributed by atoms with Crippen LogP contribution in [0.5, 0.6) is 0 Å². The molecule has 28 heavy (non-hydrogen) atoms. The Morgan fingerprint density at radius 2 is 1.32 bits per heavy atom. The molecule has 2 N–H and O–H groups in total. The average molecular weight is 405 g/mol. The molecule has 0 saturated heterocycles. The Labute approximate surface area is 173 Å². The van der Waals surface area contributed by atoms with Gasteiger partial charge in [-0.3, -0.25) is 0 Å². The molecule has 0 aromatic heterocycles. The highest BCUT2D eigenvalue weighted by Gasteiger charge is 2.46. The maximum Gasteiger partial charge on any atom is 0.358 e. The van der Waals surface area contributed by atoms with E-state index in [-0.39, 0.29) is 14.4 Å². The van der Waals surface area contributed by atoms with Gasteiger partial charge in [-0.25, -0.2) is 0 Å². The predicted octanol–water partition coefficient (Wildman–Crippen LogP) is 7.13. The summed E-state index contributed by atoms with van der Waals surface area (Å²) >= 11 is 0. The number of allylic oxidation sites excluding steroid dienone is 1. The molecule has 3 fully saturated rings. The first-order chi connectivity index (χ1) is 12.8. The van der Waals surface area contributed by atoms with Crippen LogP contribution in [0.3, 0.4) is 0 Å². The molecule has 0 aromatic carbocycles. The first-order valence-corrected chi connectivity index (χ1v) is 11.5. The largest absolute Gasteiger partial charge is 0.412 e.